The SMILES string of the molecule is COCC(NC(=O)c1cc(C)c(F)cc1F)C(=O)OC. The minimum absolute atomic E-state index is 0.123. The summed E-state index contributed by atoms with van der Waals surface area (Å²) < 4.78 is 35.9. The molecule has 0 heterocycles. The highest BCUT2D eigenvalue weighted by Gasteiger charge is 2.24. The van der Waals surface area contributed by atoms with E-state index in [0.29, 0.717) is 6.07 Å². The third-order valence-corrected chi connectivity index (χ3v) is 2.62. The zero-order valence-electron chi connectivity index (χ0n) is 11.3. The normalized spacial score (nSPS) is 11.8. The number of nitrogens with one attached hydrogen (secondary N) is 1. The smallest absolute Gasteiger partial charge is 0.330 e. The van der Waals surface area contributed by atoms with Gasteiger partial charge in [0.25, 0.3) is 5.91 Å². The number of hydrogen-bond donors (Lipinski definition) is 1. The van der Waals surface area contributed by atoms with Crippen LogP contribution in [0.15, 0.2) is 12.1 Å². The summed E-state index contributed by atoms with van der Waals surface area (Å²) in [4.78, 5) is 23.3. The van der Waals surface area contributed by atoms with Gasteiger partial charge in [0.15, 0.2) is 6.04 Å². The van der Waals surface area contributed by atoms with E-state index in [4.69, 9.17) is 4.74 Å². The molecule has 110 valence electrons. The molecular formula is C13H15F2NO4. The number of methoxy groups -OCH3 is 2. The maximum absolute atomic E-state index is 13.6. The number of rotatable bonds is 5. The molecule has 1 atom stereocenters. The summed E-state index contributed by atoms with van der Waals surface area (Å²) in [6, 6.07) is 0.622. The van der Waals surface area contributed by atoms with Gasteiger partial charge in [0, 0.05) is 13.2 Å². The van der Waals surface area contributed by atoms with Gasteiger partial charge in [0.1, 0.15) is 11.6 Å². The van der Waals surface area contributed by atoms with Gasteiger partial charge in [-0.1, -0.05) is 0 Å². The van der Waals surface area contributed by atoms with Crippen LogP contribution in [0.4, 0.5) is 8.78 Å². The summed E-state index contributed by atoms with van der Waals surface area (Å²) in [5.41, 5.74) is -0.230. The van der Waals surface area contributed by atoms with Gasteiger partial charge in [0.2, 0.25) is 0 Å². The van der Waals surface area contributed by atoms with E-state index in [-0.39, 0.29) is 17.7 Å². The van der Waals surface area contributed by atoms with Gasteiger partial charge in [-0.2, -0.15) is 0 Å². The zero-order chi connectivity index (χ0) is 15.3. The second kappa shape index (κ2) is 6.95. The molecule has 0 saturated carbocycles. The quantitative estimate of drug-likeness (QED) is 0.826. The first-order valence-electron chi connectivity index (χ1n) is 5.74. The average molecular weight is 287 g/mol. The molecule has 0 aliphatic heterocycles. The first-order chi connectivity index (χ1) is 9.40. The first-order valence-corrected chi connectivity index (χ1v) is 5.74. The van der Waals surface area contributed by atoms with Crippen LogP contribution in [0.25, 0.3) is 0 Å². The zero-order valence-corrected chi connectivity index (χ0v) is 11.3. The number of carbonyl (C=O) groups is 2. The molecule has 5 nitrogen and oxygen atoms in total. The molecule has 7 heteroatoms. The van der Waals surface area contributed by atoms with E-state index in [2.05, 4.69) is 10.1 Å². The third kappa shape index (κ3) is 3.74. The number of aryl methyl sites for hydroxylation is 1. The van der Waals surface area contributed by atoms with Crippen molar-refractivity contribution in [2.45, 2.75) is 13.0 Å². The van der Waals surface area contributed by atoms with Gasteiger partial charge in [0.05, 0.1) is 19.3 Å². The minimum Gasteiger partial charge on any atom is -0.467 e. The third-order valence-electron chi connectivity index (χ3n) is 2.62. The predicted octanol–water partition coefficient (Wildman–Crippen LogP) is 1.19. The lowest BCUT2D eigenvalue weighted by atomic mass is 10.1. The van der Waals surface area contributed by atoms with Crippen LogP contribution in [0.5, 0.6) is 0 Å². The topological polar surface area (TPSA) is 64.6 Å². The standard InChI is InChI=1S/C13H15F2NO4/c1-7-4-8(10(15)5-9(7)14)12(17)16-11(6-19-2)13(18)20-3/h4-5,11H,6H2,1-3H3,(H,16,17). The number of hydrogen-bond acceptors (Lipinski definition) is 4. The van der Waals surface area contributed by atoms with Crippen LogP contribution < -0.4 is 5.32 Å². The van der Waals surface area contributed by atoms with E-state index in [1.807, 2.05) is 0 Å². The average Bonchev–Trinajstić information content (AvgIpc) is 2.41. The fraction of sp³-hybridized carbons (Fsp3) is 0.385. The number of esters is 1. The van der Waals surface area contributed by atoms with E-state index in [0.717, 1.165) is 13.2 Å². The molecule has 0 aromatic heterocycles. The molecule has 0 radical (unpaired) electrons. The number of ether oxygens (including phenoxy) is 2. The Morgan fingerprint density at radius 1 is 1.25 bits per heavy atom. The van der Waals surface area contributed by atoms with E-state index >= 15 is 0 Å². The molecule has 20 heavy (non-hydrogen) atoms. The molecule has 1 amide bonds. The van der Waals surface area contributed by atoms with Crippen LogP contribution in [0.2, 0.25) is 0 Å². The fourth-order valence-corrected chi connectivity index (χ4v) is 1.54. The van der Waals surface area contributed by atoms with Crippen molar-refractivity contribution in [3.05, 3.63) is 34.9 Å². The molecular weight excluding hydrogens is 272 g/mol. The summed E-state index contributed by atoms with van der Waals surface area (Å²) in [7, 11) is 2.49. The molecule has 1 aromatic carbocycles. The summed E-state index contributed by atoms with van der Waals surface area (Å²) in [5.74, 6) is -3.33. The molecule has 0 aliphatic carbocycles. The van der Waals surface area contributed by atoms with E-state index in [1.165, 1.54) is 14.0 Å². The Labute approximate surface area is 114 Å². The van der Waals surface area contributed by atoms with Gasteiger partial charge < -0.3 is 14.8 Å². The Balaban J connectivity index is 2.94. The van der Waals surface area contributed by atoms with Crippen LogP contribution in [0.3, 0.4) is 0 Å². The Morgan fingerprint density at radius 2 is 1.90 bits per heavy atom. The van der Waals surface area contributed by atoms with E-state index < -0.39 is 29.6 Å². The van der Waals surface area contributed by atoms with Crippen molar-refractivity contribution < 1.29 is 27.8 Å². The van der Waals surface area contributed by atoms with Crippen LogP contribution in [-0.4, -0.2) is 38.7 Å². The lowest BCUT2D eigenvalue weighted by Gasteiger charge is -2.16. The highest BCUT2D eigenvalue weighted by Crippen LogP contribution is 2.14. The molecule has 0 saturated heterocycles. The maximum atomic E-state index is 13.6. The van der Waals surface area contributed by atoms with Crippen molar-refractivity contribution in [3.63, 3.8) is 0 Å². The number of benzene rings is 1. The summed E-state index contributed by atoms with van der Waals surface area (Å²) >= 11 is 0. The highest BCUT2D eigenvalue weighted by molar-refractivity contribution is 5.97. The van der Waals surface area contributed by atoms with Gasteiger partial charge in [-0.25, -0.2) is 13.6 Å². The maximum Gasteiger partial charge on any atom is 0.330 e. The predicted molar refractivity (Wildman–Crippen MR) is 66.2 cm³/mol. The van der Waals surface area contributed by atoms with Crippen LogP contribution in [0.1, 0.15) is 15.9 Å². The Bertz CT molecular complexity index is 519. The van der Waals surface area contributed by atoms with E-state index in [9.17, 15) is 18.4 Å². The van der Waals surface area contributed by atoms with Crippen LogP contribution in [-0.2, 0) is 14.3 Å². The molecule has 1 unspecified atom stereocenters. The number of halogens is 2. The lowest BCUT2D eigenvalue weighted by molar-refractivity contribution is -0.144. The molecule has 0 bridgehead atoms. The summed E-state index contributed by atoms with van der Waals surface area (Å²) in [5, 5.41) is 2.27. The number of carbonyl (C=O) groups excluding carboxylic acids is 2. The monoisotopic (exact) mass is 287 g/mol. The van der Waals surface area contributed by atoms with Crippen molar-refractivity contribution in [1.29, 1.82) is 0 Å². The van der Waals surface area contributed by atoms with Crippen molar-refractivity contribution >= 4 is 11.9 Å². The molecule has 0 aliphatic rings. The Morgan fingerprint density at radius 3 is 2.45 bits per heavy atom. The van der Waals surface area contributed by atoms with E-state index in [1.54, 1.807) is 0 Å². The summed E-state index contributed by atoms with van der Waals surface area (Å²) in [6.07, 6.45) is 0. The number of amides is 1. The molecule has 0 fully saturated rings. The molecule has 0 spiro atoms. The van der Waals surface area contributed by atoms with Crippen LogP contribution >= 0.6 is 0 Å². The van der Waals surface area contributed by atoms with Crippen LogP contribution in [0, 0.1) is 18.6 Å². The largest absolute Gasteiger partial charge is 0.467 e. The lowest BCUT2D eigenvalue weighted by Crippen LogP contribution is -2.44. The van der Waals surface area contributed by atoms with Gasteiger partial charge in [-0.05, 0) is 18.6 Å². The Kier molecular flexibility index (Phi) is 5.57. The van der Waals surface area contributed by atoms with Crippen molar-refractivity contribution in [1.82, 2.24) is 5.32 Å². The van der Waals surface area contributed by atoms with Crippen molar-refractivity contribution in [2.75, 3.05) is 20.8 Å². The highest BCUT2D eigenvalue weighted by atomic mass is 19.1. The van der Waals surface area contributed by atoms with Crippen molar-refractivity contribution in [2.24, 2.45) is 0 Å². The molecule has 1 rings (SSSR count). The van der Waals surface area contributed by atoms with Crippen molar-refractivity contribution in [3.8, 4) is 0 Å². The molecule has 1 aromatic rings. The molecule has 1 N–H and O–H groups in total. The summed E-state index contributed by atoms with van der Waals surface area (Å²) in [6.45, 7) is 1.28. The van der Waals surface area contributed by atoms with Gasteiger partial charge in [-0.3, -0.25) is 4.79 Å². The second-order valence-corrected chi connectivity index (χ2v) is 4.09. The Hall–Kier alpha value is -2.02. The van der Waals surface area contributed by atoms with Gasteiger partial charge in [-0.15, -0.1) is 0 Å². The first kappa shape index (κ1) is 16.0. The van der Waals surface area contributed by atoms with Gasteiger partial charge >= 0.3 is 5.97 Å². The fourth-order valence-electron chi connectivity index (χ4n) is 1.54. The second-order valence-electron chi connectivity index (χ2n) is 4.09. The minimum atomic E-state index is -1.07.